The highest BCUT2D eigenvalue weighted by Gasteiger charge is 2.37. The van der Waals surface area contributed by atoms with E-state index in [0.29, 0.717) is 36.6 Å². The van der Waals surface area contributed by atoms with Crippen molar-refractivity contribution < 1.29 is 31.1 Å². The molecule has 1 fully saturated rings. The summed E-state index contributed by atoms with van der Waals surface area (Å²) < 4.78 is 77.8. The highest BCUT2D eigenvalue weighted by atomic mass is 19.4. The van der Waals surface area contributed by atoms with Crippen LogP contribution in [0.25, 0.3) is 0 Å². The summed E-state index contributed by atoms with van der Waals surface area (Å²) in [5.41, 5.74) is -3.21. The van der Waals surface area contributed by atoms with Gasteiger partial charge in [0.25, 0.3) is 0 Å². The van der Waals surface area contributed by atoms with E-state index in [4.69, 9.17) is 5.26 Å². The quantitative estimate of drug-likeness (QED) is 0.701. The van der Waals surface area contributed by atoms with E-state index in [1.165, 1.54) is 11.1 Å². The lowest BCUT2D eigenvalue weighted by molar-refractivity contribution is -0.143. The van der Waals surface area contributed by atoms with Crippen molar-refractivity contribution in [3.63, 3.8) is 0 Å². The van der Waals surface area contributed by atoms with Crippen LogP contribution in [0.4, 0.5) is 42.6 Å². The van der Waals surface area contributed by atoms with Crippen LogP contribution in [0.3, 0.4) is 0 Å². The van der Waals surface area contributed by atoms with Crippen molar-refractivity contribution in [2.24, 2.45) is 0 Å². The number of pyridine rings is 1. The Labute approximate surface area is 172 Å². The topological polar surface area (TPSA) is 72.3 Å². The molecule has 0 saturated carbocycles. The van der Waals surface area contributed by atoms with Gasteiger partial charge in [-0.15, -0.1) is 0 Å². The van der Waals surface area contributed by atoms with Crippen LogP contribution >= 0.6 is 0 Å². The van der Waals surface area contributed by atoms with Crippen LogP contribution in [0.2, 0.25) is 0 Å². The molecule has 1 aromatic carbocycles. The number of nitrogens with one attached hydrogen (secondary N) is 1. The van der Waals surface area contributed by atoms with Gasteiger partial charge in [-0.05, 0) is 30.3 Å². The Morgan fingerprint density at radius 1 is 0.968 bits per heavy atom. The Morgan fingerprint density at radius 3 is 2.00 bits per heavy atom. The number of anilines is 2. The van der Waals surface area contributed by atoms with Gasteiger partial charge in [0.15, 0.2) is 0 Å². The van der Waals surface area contributed by atoms with Crippen molar-refractivity contribution >= 4 is 17.5 Å². The summed E-state index contributed by atoms with van der Waals surface area (Å²) in [6.07, 6.45) is -8.60. The molecule has 0 atom stereocenters. The Hall–Kier alpha value is -3.49. The Bertz CT molecular complexity index is 957. The molecule has 1 N–H and O–H groups in total. The predicted octanol–water partition coefficient (Wildman–Crippen LogP) is 4.34. The van der Waals surface area contributed by atoms with E-state index >= 15 is 0 Å². The first-order valence-corrected chi connectivity index (χ1v) is 8.94. The maximum atomic E-state index is 13.0. The van der Waals surface area contributed by atoms with Crippen LogP contribution in [0.1, 0.15) is 16.7 Å². The number of piperazine rings is 1. The summed E-state index contributed by atoms with van der Waals surface area (Å²) in [7, 11) is 0. The minimum atomic E-state index is -5.00. The van der Waals surface area contributed by atoms with Gasteiger partial charge in [0.1, 0.15) is 11.9 Å². The largest absolute Gasteiger partial charge is 0.416 e. The standard InChI is InChI=1S/C19H15F6N5O/c20-18(21,22)13-7-14(19(23,24)25)9-15(8-13)28-17(31)30-5-3-29(4-6-30)16-2-1-12(10-26)11-27-16/h1-2,7-9,11H,3-6H2,(H,28,31). The number of hydrogen-bond acceptors (Lipinski definition) is 4. The van der Waals surface area contributed by atoms with E-state index in [9.17, 15) is 31.1 Å². The van der Waals surface area contributed by atoms with Crippen LogP contribution in [0, 0.1) is 11.3 Å². The first kappa shape index (κ1) is 22.2. The SMILES string of the molecule is N#Cc1ccc(N2CCN(C(=O)Nc3cc(C(F)(F)F)cc(C(F)(F)F)c3)CC2)nc1. The van der Waals surface area contributed by atoms with E-state index in [1.54, 1.807) is 12.1 Å². The minimum absolute atomic E-state index is 0.000980. The average molecular weight is 443 g/mol. The maximum Gasteiger partial charge on any atom is 0.416 e. The average Bonchev–Trinajstić information content (AvgIpc) is 2.72. The van der Waals surface area contributed by atoms with Gasteiger partial charge in [0.05, 0.1) is 16.7 Å². The van der Waals surface area contributed by atoms with Gasteiger partial charge in [-0.2, -0.15) is 31.6 Å². The van der Waals surface area contributed by atoms with E-state index in [0.717, 1.165) is 0 Å². The Morgan fingerprint density at radius 2 is 1.55 bits per heavy atom. The summed E-state index contributed by atoms with van der Waals surface area (Å²) in [6, 6.07) is 5.30. The Balaban J connectivity index is 1.68. The zero-order valence-electron chi connectivity index (χ0n) is 15.8. The molecule has 0 radical (unpaired) electrons. The molecule has 3 rings (SSSR count). The zero-order chi connectivity index (χ0) is 22.8. The van der Waals surface area contributed by atoms with Crippen molar-refractivity contribution in [1.82, 2.24) is 9.88 Å². The fourth-order valence-corrected chi connectivity index (χ4v) is 3.01. The molecule has 1 aliphatic rings. The van der Waals surface area contributed by atoms with E-state index in [1.807, 2.05) is 11.0 Å². The second-order valence-corrected chi connectivity index (χ2v) is 6.72. The van der Waals surface area contributed by atoms with Crippen molar-refractivity contribution in [1.29, 1.82) is 5.26 Å². The van der Waals surface area contributed by atoms with Crippen LogP contribution in [0.5, 0.6) is 0 Å². The third-order valence-corrected chi connectivity index (χ3v) is 4.61. The lowest BCUT2D eigenvalue weighted by Crippen LogP contribution is -2.50. The number of amides is 2. The second kappa shape index (κ2) is 8.33. The molecule has 2 aromatic rings. The van der Waals surface area contributed by atoms with Crippen molar-refractivity contribution in [2.45, 2.75) is 12.4 Å². The summed E-state index contributed by atoms with van der Waals surface area (Å²) >= 11 is 0. The number of rotatable bonds is 2. The molecular weight excluding hydrogens is 428 g/mol. The normalized spacial score (nSPS) is 14.9. The van der Waals surface area contributed by atoms with Crippen molar-refractivity contribution in [2.75, 3.05) is 36.4 Å². The molecule has 31 heavy (non-hydrogen) atoms. The maximum absolute atomic E-state index is 13.0. The minimum Gasteiger partial charge on any atom is -0.353 e. The summed E-state index contributed by atoms with van der Waals surface area (Å²) in [5.74, 6) is 0.590. The molecule has 0 unspecified atom stereocenters. The molecule has 6 nitrogen and oxygen atoms in total. The van der Waals surface area contributed by atoms with Crippen LogP contribution in [-0.2, 0) is 12.4 Å². The van der Waals surface area contributed by atoms with E-state index in [2.05, 4.69) is 10.3 Å². The third-order valence-electron chi connectivity index (χ3n) is 4.61. The van der Waals surface area contributed by atoms with E-state index < -0.39 is 35.2 Å². The highest BCUT2D eigenvalue weighted by molar-refractivity contribution is 5.89. The van der Waals surface area contributed by atoms with Gasteiger partial charge in [0.2, 0.25) is 0 Å². The van der Waals surface area contributed by atoms with Gasteiger partial charge < -0.3 is 15.1 Å². The lowest BCUT2D eigenvalue weighted by atomic mass is 10.1. The number of carbonyl (C=O) groups excluding carboxylic acids is 1. The van der Waals surface area contributed by atoms with Gasteiger partial charge >= 0.3 is 18.4 Å². The monoisotopic (exact) mass is 443 g/mol. The zero-order valence-corrected chi connectivity index (χ0v) is 15.8. The summed E-state index contributed by atoms with van der Waals surface area (Å²) in [5, 5.41) is 10.9. The Kier molecular flexibility index (Phi) is 5.97. The number of carbonyl (C=O) groups is 1. The molecule has 2 heterocycles. The second-order valence-electron chi connectivity index (χ2n) is 6.72. The van der Waals surface area contributed by atoms with Crippen LogP contribution in [0.15, 0.2) is 36.5 Å². The van der Waals surface area contributed by atoms with Gasteiger partial charge in [-0.1, -0.05) is 0 Å². The molecule has 0 bridgehead atoms. The first-order chi connectivity index (χ1) is 14.5. The lowest BCUT2D eigenvalue weighted by Gasteiger charge is -2.35. The number of alkyl halides is 6. The molecule has 1 aromatic heterocycles. The number of nitrogens with zero attached hydrogens (tertiary/aromatic N) is 4. The molecule has 2 amide bonds. The van der Waals surface area contributed by atoms with Crippen LogP contribution < -0.4 is 10.2 Å². The molecule has 0 aliphatic carbocycles. The van der Waals surface area contributed by atoms with Gasteiger partial charge in [-0.25, -0.2) is 9.78 Å². The molecule has 1 aliphatic heterocycles. The molecule has 1 saturated heterocycles. The van der Waals surface area contributed by atoms with E-state index in [-0.39, 0.29) is 19.2 Å². The number of halogens is 6. The van der Waals surface area contributed by atoms with Crippen LogP contribution in [-0.4, -0.2) is 42.1 Å². The van der Waals surface area contributed by atoms with Gasteiger partial charge in [-0.3, -0.25) is 0 Å². The molecule has 164 valence electrons. The number of benzene rings is 1. The van der Waals surface area contributed by atoms with Crippen molar-refractivity contribution in [3.05, 3.63) is 53.2 Å². The van der Waals surface area contributed by atoms with Crippen molar-refractivity contribution in [3.8, 4) is 6.07 Å². The summed E-state index contributed by atoms with van der Waals surface area (Å²) in [6.45, 7) is 1.06. The predicted molar refractivity (Wildman–Crippen MR) is 98.2 cm³/mol. The fourth-order valence-electron chi connectivity index (χ4n) is 3.01. The smallest absolute Gasteiger partial charge is 0.353 e. The molecule has 12 heteroatoms. The summed E-state index contributed by atoms with van der Waals surface area (Å²) in [4.78, 5) is 19.7. The van der Waals surface area contributed by atoms with Gasteiger partial charge in [0, 0.05) is 38.1 Å². The fraction of sp³-hybridized carbons (Fsp3) is 0.316. The molecular formula is C19H15F6N5O. The third kappa shape index (κ3) is 5.36. The highest BCUT2D eigenvalue weighted by Crippen LogP contribution is 2.37. The number of hydrogen-bond donors (Lipinski definition) is 1. The number of nitriles is 1. The number of urea groups is 1. The molecule has 0 spiro atoms. The number of aromatic nitrogens is 1. The first-order valence-electron chi connectivity index (χ1n) is 8.94.